The third-order valence-electron chi connectivity index (χ3n) is 3.91. The molecule has 0 saturated heterocycles. The van der Waals surface area contributed by atoms with Crippen molar-refractivity contribution < 1.29 is 9.59 Å². The Morgan fingerprint density at radius 2 is 1.50 bits per heavy atom. The summed E-state index contributed by atoms with van der Waals surface area (Å²) >= 11 is 0. The first kappa shape index (κ1) is 17.2. The molecule has 3 aromatic rings. The maximum Gasteiger partial charge on any atom is 0.255 e. The molecule has 0 radical (unpaired) electrons. The SMILES string of the molecule is Cc1ccc(NC(=O)c2ccccc2)c(Nc2ccc(C(N)=O)cc2)c1. The third kappa shape index (κ3) is 4.08. The average molecular weight is 345 g/mol. The summed E-state index contributed by atoms with van der Waals surface area (Å²) in [5, 5.41) is 6.20. The number of nitrogens with one attached hydrogen (secondary N) is 2. The van der Waals surface area contributed by atoms with Crippen LogP contribution in [0, 0.1) is 6.92 Å². The molecule has 130 valence electrons. The number of aryl methyl sites for hydroxylation is 1. The number of hydrogen-bond acceptors (Lipinski definition) is 3. The molecule has 0 bridgehead atoms. The van der Waals surface area contributed by atoms with Crippen molar-refractivity contribution in [2.24, 2.45) is 5.73 Å². The van der Waals surface area contributed by atoms with Gasteiger partial charge in [-0.15, -0.1) is 0 Å². The normalized spacial score (nSPS) is 10.2. The Balaban J connectivity index is 1.84. The lowest BCUT2D eigenvalue weighted by Crippen LogP contribution is -2.13. The number of primary amides is 1. The molecule has 0 atom stereocenters. The van der Waals surface area contributed by atoms with Gasteiger partial charge in [0.1, 0.15) is 0 Å². The topological polar surface area (TPSA) is 84.2 Å². The summed E-state index contributed by atoms with van der Waals surface area (Å²) in [5.41, 5.74) is 9.57. The summed E-state index contributed by atoms with van der Waals surface area (Å²) < 4.78 is 0. The number of carbonyl (C=O) groups is 2. The van der Waals surface area contributed by atoms with Crippen molar-refractivity contribution in [2.45, 2.75) is 6.92 Å². The number of rotatable bonds is 5. The van der Waals surface area contributed by atoms with E-state index < -0.39 is 5.91 Å². The van der Waals surface area contributed by atoms with Gasteiger partial charge in [-0.1, -0.05) is 24.3 Å². The lowest BCUT2D eigenvalue weighted by molar-refractivity contribution is 0.0997. The van der Waals surface area contributed by atoms with Gasteiger partial charge in [0.25, 0.3) is 5.91 Å². The van der Waals surface area contributed by atoms with E-state index >= 15 is 0 Å². The van der Waals surface area contributed by atoms with Crippen molar-refractivity contribution in [3.8, 4) is 0 Å². The first-order valence-electron chi connectivity index (χ1n) is 8.17. The molecule has 5 nitrogen and oxygen atoms in total. The van der Waals surface area contributed by atoms with Crippen LogP contribution in [0.15, 0.2) is 72.8 Å². The summed E-state index contributed by atoms with van der Waals surface area (Å²) in [5.74, 6) is -0.649. The molecule has 3 aromatic carbocycles. The van der Waals surface area contributed by atoms with Gasteiger partial charge >= 0.3 is 0 Å². The Bertz CT molecular complexity index is 935. The van der Waals surface area contributed by atoms with Crippen molar-refractivity contribution in [2.75, 3.05) is 10.6 Å². The molecule has 0 fully saturated rings. The van der Waals surface area contributed by atoms with Crippen molar-refractivity contribution >= 4 is 28.9 Å². The van der Waals surface area contributed by atoms with Gasteiger partial charge in [0.2, 0.25) is 5.91 Å². The fraction of sp³-hybridized carbons (Fsp3) is 0.0476. The molecular formula is C21H19N3O2. The number of hydrogen-bond donors (Lipinski definition) is 3. The molecule has 0 heterocycles. The molecule has 0 aromatic heterocycles. The van der Waals surface area contributed by atoms with Gasteiger partial charge < -0.3 is 16.4 Å². The second-order valence-electron chi connectivity index (χ2n) is 5.94. The van der Waals surface area contributed by atoms with Crippen LogP contribution in [0.2, 0.25) is 0 Å². The van der Waals surface area contributed by atoms with Gasteiger partial charge in [-0.05, 0) is 61.0 Å². The molecule has 26 heavy (non-hydrogen) atoms. The van der Waals surface area contributed by atoms with E-state index in [9.17, 15) is 9.59 Å². The Labute approximate surface area is 151 Å². The van der Waals surface area contributed by atoms with E-state index in [1.807, 2.05) is 43.3 Å². The fourth-order valence-corrected chi connectivity index (χ4v) is 2.53. The third-order valence-corrected chi connectivity index (χ3v) is 3.91. The maximum atomic E-state index is 12.4. The molecule has 0 spiro atoms. The minimum Gasteiger partial charge on any atom is -0.366 e. The largest absolute Gasteiger partial charge is 0.366 e. The fourth-order valence-electron chi connectivity index (χ4n) is 2.53. The molecule has 0 unspecified atom stereocenters. The average Bonchev–Trinajstić information content (AvgIpc) is 2.65. The zero-order chi connectivity index (χ0) is 18.5. The highest BCUT2D eigenvalue weighted by Crippen LogP contribution is 2.27. The summed E-state index contributed by atoms with van der Waals surface area (Å²) in [7, 11) is 0. The molecule has 0 aliphatic rings. The molecule has 0 saturated carbocycles. The predicted molar refractivity (Wildman–Crippen MR) is 104 cm³/mol. The number of nitrogens with two attached hydrogens (primary N) is 1. The highest BCUT2D eigenvalue weighted by Gasteiger charge is 2.10. The van der Waals surface area contributed by atoms with Crippen LogP contribution in [-0.4, -0.2) is 11.8 Å². The quantitative estimate of drug-likeness (QED) is 0.651. The van der Waals surface area contributed by atoms with Gasteiger partial charge in [0.05, 0.1) is 11.4 Å². The van der Waals surface area contributed by atoms with Gasteiger partial charge in [0.15, 0.2) is 0 Å². The minimum atomic E-state index is -0.470. The second-order valence-corrected chi connectivity index (χ2v) is 5.94. The molecule has 0 aliphatic carbocycles. The number of anilines is 3. The van der Waals surface area contributed by atoms with E-state index in [4.69, 9.17) is 5.73 Å². The molecule has 5 heteroatoms. The summed E-state index contributed by atoms with van der Waals surface area (Å²) in [6, 6.07) is 21.6. The van der Waals surface area contributed by atoms with Gasteiger partial charge in [-0.2, -0.15) is 0 Å². The smallest absolute Gasteiger partial charge is 0.255 e. The summed E-state index contributed by atoms with van der Waals surface area (Å²) in [6.07, 6.45) is 0. The Hall–Kier alpha value is -3.60. The van der Waals surface area contributed by atoms with Crippen molar-refractivity contribution in [1.82, 2.24) is 0 Å². The summed E-state index contributed by atoms with van der Waals surface area (Å²) in [6.45, 7) is 1.98. The van der Waals surface area contributed by atoms with Gasteiger partial charge in [-0.3, -0.25) is 9.59 Å². The summed E-state index contributed by atoms with van der Waals surface area (Å²) in [4.78, 5) is 23.6. The van der Waals surface area contributed by atoms with Crippen molar-refractivity contribution in [1.29, 1.82) is 0 Å². The second kappa shape index (κ2) is 7.53. The van der Waals surface area contributed by atoms with E-state index in [2.05, 4.69) is 10.6 Å². The van der Waals surface area contributed by atoms with Crippen LogP contribution in [0.1, 0.15) is 26.3 Å². The van der Waals surface area contributed by atoms with Crippen LogP contribution in [0.4, 0.5) is 17.1 Å². The molecule has 2 amide bonds. The predicted octanol–water partition coefficient (Wildman–Crippen LogP) is 4.09. The van der Waals surface area contributed by atoms with Crippen LogP contribution in [0.3, 0.4) is 0 Å². The van der Waals surface area contributed by atoms with E-state index in [-0.39, 0.29) is 5.91 Å². The molecule has 3 rings (SSSR count). The van der Waals surface area contributed by atoms with Gasteiger partial charge in [0, 0.05) is 16.8 Å². The molecule has 4 N–H and O–H groups in total. The van der Waals surface area contributed by atoms with E-state index in [0.29, 0.717) is 16.8 Å². The Kier molecular flexibility index (Phi) is 4.99. The van der Waals surface area contributed by atoms with Crippen LogP contribution in [0.5, 0.6) is 0 Å². The number of benzene rings is 3. The van der Waals surface area contributed by atoms with Crippen LogP contribution in [-0.2, 0) is 0 Å². The van der Waals surface area contributed by atoms with Gasteiger partial charge in [-0.25, -0.2) is 0 Å². The maximum absolute atomic E-state index is 12.4. The lowest BCUT2D eigenvalue weighted by Gasteiger charge is -2.14. The van der Waals surface area contributed by atoms with Crippen LogP contribution in [0.25, 0.3) is 0 Å². The van der Waals surface area contributed by atoms with E-state index in [0.717, 1.165) is 16.9 Å². The van der Waals surface area contributed by atoms with Crippen LogP contribution >= 0.6 is 0 Å². The van der Waals surface area contributed by atoms with Crippen LogP contribution < -0.4 is 16.4 Å². The van der Waals surface area contributed by atoms with Crippen molar-refractivity contribution in [3.05, 3.63) is 89.5 Å². The Morgan fingerprint density at radius 1 is 0.808 bits per heavy atom. The van der Waals surface area contributed by atoms with E-state index in [1.165, 1.54) is 0 Å². The first-order chi connectivity index (χ1) is 12.5. The zero-order valence-corrected chi connectivity index (χ0v) is 14.3. The Morgan fingerprint density at radius 3 is 2.15 bits per heavy atom. The highest BCUT2D eigenvalue weighted by molar-refractivity contribution is 6.06. The number of carbonyl (C=O) groups excluding carboxylic acids is 2. The van der Waals surface area contributed by atoms with Crippen molar-refractivity contribution in [3.63, 3.8) is 0 Å². The number of amides is 2. The zero-order valence-electron chi connectivity index (χ0n) is 14.3. The lowest BCUT2D eigenvalue weighted by atomic mass is 10.1. The first-order valence-corrected chi connectivity index (χ1v) is 8.17. The minimum absolute atomic E-state index is 0.179. The highest BCUT2D eigenvalue weighted by atomic mass is 16.2. The monoisotopic (exact) mass is 345 g/mol. The molecule has 0 aliphatic heterocycles. The van der Waals surface area contributed by atoms with E-state index in [1.54, 1.807) is 36.4 Å². The molecular weight excluding hydrogens is 326 g/mol. The standard InChI is InChI=1S/C21H19N3O2/c1-14-7-12-18(24-21(26)16-5-3-2-4-6-16)19(13-14)23-17-10-8-15(9-11-17)20(22)25/h2-13,23H,1H3,(H2,22,25)(H,24,26).